The molecule has 1 spiro atoms. The molecule has 0 radical (unpaired) electrons. The summed E-state index contributed by atoms with van der Waals surface area (Å²) >= 11 is 0. The lowest BCUT2D eigenvalue weighted by molar-refractivity contribution is -0.0326. The van der Waals surface area contributed by atoms with Crippen molar-refractivity contribution in [3.8, 4) is 0 Å². The number of anilines is 2. The molecule has 0 aliphatic carbocycles. The molecule has 3 N–H and O–H groups in total. The Hall–Kier alpha value is -2.15. The van der Waals surface area contributed by atoms with Crippen molar-refractivity contribution >= 4 is 22.9 Å². The van der Waals surface area contributed by atoms with E-state index >= 15 is 0 Å². The van der Waals surface area contributed by atoms with Crippen molar-refractivity contribution in [2.45, 2.75) is 31.8 Å². The number of aromatic nitrogens is 4. The van der Waals surface area contributed by atoms with Crippen LogP contribution in [0.5, 0.6) is 0 Å². The summed E-state index contributed by atoms with van der Waals surface area (Å²) in [6.45, 7) is 4.78. The minimum atomic E-state index is -0.0927. The van der Waals surface area contributed by atoms with E-state index in [0.717, 1.165) is 50.3 Å². The second kappa shape index (κ2) is 4.95. The lowest BCUT2D eigenvalue weighted by atomic mass is 9.87. The molecule has 7 heteroatoms. The summed E-state index contributed by atoms with van der Waals surface area (Å²) in [7, 11) is 0. The van der Waals surface area contributed by atoms with Gasteiger partial charge in [0.25, 0.3) is 0 Å². The van der Waals surface area contributed by atoms with E-state index in [0.29, 0.717) is 5.65 Å². The number of hydrogen-bond donors (Lipinski definition) is 2. The van der Waals surface area contributed by atoms with Gasteiger partial charge in [-0.25, -0.2) is 4.98 Å². The number of fused-ring (bicyclic) bond motifs is 1. The maximum atomic E-state index is 6.08. The Labute approximate surface area is 128 Å². The van der Waals surface area contributed by atoms with Gasteiger partial charge in [-0.2, -0.15) is 9.97 Å². The molecule has 0 amide bonds. The van der Waals surface area contributed by atoms with E-state index in [-0.39, 0.29) is 11.5 Å². The Kier molecular flexibility index (Phi) is 3.04. The number of nitrogens with zero attached hydrogens (tertiary/aromatic N) is 4. The SMILES string of the molecule is CC1=CC2(CCN(c3nc(N)nc4nc[nH]c34)CC2)OCC1. The maximum Gasteiger partial charge on any atom is 0.224 e. The van der Waals surface area contributed by atoms with Gasteiger partial charge in [-0.1, -0.05) is 11.6 Å². The maximum absolute atomic E-state index is 6.08. The highest BCUT2D eigenvalue weighted by Crippen LogP contribution is 2.35. The number of piperidine rings is 1. The van der Waals surface area contributed by atoms with Crippen LogP contribution in [-0.4, -0.2) is 45.2 Å². The van der Waals surface area contributed by atoms with Gasteiger partial charge in [0.2, 0.25) is 5.95 Å². The number of aromatic amines is 1. The quantitative estimate of drug-likeness (QED) is 0.778. The fourth-order valence-electron chi connectivity index (χ4n) is 3.43. The molecule has 0 atom stereocenters. The van der Waals surface area contributed by atoms with E-state index in [4.69, 9.17) is 10.5 Å². The van der Waals surface area contributed by atoms with Crippen molar-refractivity contribution in [2.24, 2.45) is 0 Å². The van der Waals surface area contributed by atoms with Crippen molar-refractivity contribution < 1.29 is 4.74 Å². The Bertz CT molecular complexity index is 729. The van der Waals surface area contributed by atoms with Crippen LogP contribution in [0, 0.1) is 0 Å². The first-order chi connectivity index (χ1) is 10.7. The summed E-state index contributed by atoms with van der Waals surface area (Å²) in [6, 6.07) is 0. The van der Waals surface area contributed by atoms with Crippen molar-refractivity contribution in [3.05, 3.63) is 18.0 Å². The molecule has 0 aromatic carbocycles. The summed E-state index contributed by atoms with van der Waals surface area (Å²) in [5.74, 6) is 1.10. The van der Waals surface area contributed by atoms with Crippen LogP contribution < -0.4 is 10.6 Å². The molecular formula is C15H20N6O. The third kappa shape index (κ3) is 2.21. The van der Waals surface area contributed by atoms with Gasteiger partial charge in [-0.05, 0) is 26.2 Å². The zero-order valence-corrected chi connectivity index (χ0v) is 12.7. The van der Waals surface area contributed by atoms with Crippen molar-refractivity contribution in [3.63, 3.8) is 0 Å². The first kappa shape index (κ1) is 13.5. The molecule has 2 aromatic rings. The van der Waals surface area contributed by atoms with Crippen LogP contribution in [0.3, 0.4) is 0 Å². The molecule has 2 aromatic heterocycles. The van der Waals surface area contributed by atoms with Gasteiger partial charge in [-0.3, -0.25) is 0 Å². The topological polar surface area (TPSA) is 93.0 Å². The number of nitrogen functional groups attached to an aromatic ring is 1. The zero-order chi connectivity index (χ0) is 15.2. The lowest BCUT2D eigenvalue weighted by Crippen LogP contribution is -2.46. The van der Waals surface area contributed by atoms with Gasteiger partial charge in [0.15, 0.2) is 11.5 Å². The first-order valence-electron chi connectivity index (χ1n) is 7.69. The Morgan fingerprint density at radius 3 is 2.91 bits per heavy atom. The van der Waals surface area contributed by atoms with Gasteiger partial charge >= 0.3 is 0 Å². The van der Waals surface area contributed by atoms with Gasteiger partial charge in [-0.15, -0.1) is 0 Å². The number of nitrogens with two attached hydrogens (primary N) is 1. The molecule has 4 heterocycles. The van der Waals surface area contributed by atoms with Gasteiger partial charge in [0.1, 0.15) is 5.52 Å². The number of nitrogens with one attached hydrogen (secondary N) is 1. The van der Waals surface area contributed by atoms with Crippen LogP contribution in [0.1, 0.15) is 26.2 Å². The highest BCUT2D eigenvalue weighted by atomic mass is 16.5. The molecule has 2 aliphatic rings. The molecule has 116 valence electrons. The highest BCUT2D eigenvalue weighted by molar-refractivity contribution is 5.84. The van der Waals surface area contributed by atoms with E-state index in [1.54, 1.807) is 6.33 Å². The molecule has 2 aliphatic heterocycles. The van der Waals surface area contributed by atoms with E-state index in [1.807, 2.05) is 0 Å². The summed E-state index contributed by atoms with van der Waals surface area (Å²) in [5, 5.41) is 0. The number of hydrogen-bond acceptors (Lipinski definition) is 6. The van der Waals surface area contributed by atoms with Crippen LogP contribution in [-0.2, 0) is 4.74 Å². The molecular weight excluding hydrogens is 280 g/mol. The molecule has 22 heavy (non-hydrogen) atoms. The lowest BCUT2D eigenvalue weighted by Gasteiger charge is -2.42. The first-order valence-corrected chi connectivity index (χ1v) is 7.69. The predicted octanol–water partition coefficient (Wildman–Crippen LogP) is 1.64. The van der Waals surface area contributed by atoms with Crippen LogP contribution in [0.2, 0.25) is 0 Å². The third-order valence-corrected chi connectivity index (χ3v) is 4.59. The monoisotopic (exact) mass is 300 g/mol. The molecule has 4 rings (SSSR count). The molecule has 0 bridgehead atoms. The molecule has 1 fully saturated rings. The highest BCUT2D eigenvalue weighted by Gasteiger charge is 2.36. The summed E-state index contributed by atoms with van der Waals surface area (Å²) in [4.78, 5) is 18.1. The average Bonchev–Trinajstić information content (AvgIpc) is 2.95. The van der Waals surface area contributed by atoms with Crippen LogP contribution in [0.15, 0.2) is 18.0 Å². The van der Waals surface area contributed by atoms with E-state index < -0.39 is 0 Å². The third-order valence-electron chi connectivity index (χ3n) is 4.59. The number of ether oxygens (including phenoxy) is 1. The van der Waals surface area contributed by atoms with Crippen LogP contribution in [0.4, 0.5) is 11.8 Å². The summed E-state index contributed by atoms with van der Waals surface area (Å²) < 4.78 is 6.08. The van der Waals surface area contributed by atoms with Gasteiger partial charge in [0.05, 0.1) is 18.5 Å². The van der Waals surface area contributed by atoms with Crippen LogP contribution >= 0.6 is 0 Å². The van der Waals surface area contributed by atoms with Crippen molar-refractivity contribution in [2.75, 3.05) is 30.3 Å². The van der Waals surface area contributed by atoms with Gasteiger partial charge in [0, 0.05) is 13.1 Å². The zero-order valence-electron chi connectivity index (χ0n) is 12.7. The normalized spacial score (nSPS) is 21.3. The fraction of sp³-hybridized carbons (Fsp3) is 0.533. The predicted molar refractivity (Wildman–Crippen MR) is 84.6 cm³/mol. The van der Waals surface area contributed by atoms with Gasteiger partial charge < -0.3 is 20.4 Å². The minimum Gasteiger partial charge on any atom is -0.370 e. The summed E-state index contributed by atoms with van der Waals surface area (Å²) in [5.41, 5.74) is 8.61. The fourth-order valence-corrected chi connectivity index (χ4v) is 3.43. The number of H-pyrrole nitrogens is 1. The molecule has 1 saturated heterocycles. The van der Waals surface area contributed by atoms with Crippen molar-refractivity contribution in [1.82, 2.24) is 19.9 Å². The minimum absolute atomic E-state index is 0.0927. The Morgan fingerprint density at radius 1 is 1.32 bits per heavy atom. The molecule has 7 nitrogen and oxygen atoms in total. The molecule has 0 saturated carbocycles. The Balaban J connectivity index is 1.61. The standard InChI is InChI=1S/C15H20N6O/c1-10-2-7-22-15(8-10)3-5-21(6-4-15)13-11-12(18-9-17-11)19-14(16)20-13/h8-9H,2-7H2,1H3,(H3,16,17,18,19,20). The smallest absolute Gasteiger partial charge is 0.224 e. The second-order valence-corrected chi connectivity index (χ2v) is 6.15. The number of imidazole rings is 1. The van der Waals surface area contributed by atoms with E-state index in [9.17, 15) is 0 Å². The van der Waals surface area contributed by atoms with E-state index in [2.05, 4.69) is 37.8 Å². The van der Waals surface area contributed by atoms with Crippen molar-refractivity contribution in [1.29, 1.82) is 0 Å². The average molecular weight is 300 g/mol. The Morgan fingerprint density at radius 2 is 2.14 bits per heavy atom. The van der Waals surface area contributed by atoms with Crippen LogP contribution in [0.25, 0.3) is 11.2 Å². The summed E-state index contributed by atoms with van der Waals surface area (Å²) in [6.07, 6.45) is 6.91. The second-order valence-electron chi connectivity index (χ2n) is 6.15. The number of rotatable bonds is 1. The molecule has 0 unspecified atom stereocenters. The van der Waals surface area contributed by atoms with E-state index in [1.165, 1.54) is 5.57 Å². The largest absolute Gasteiger partial charge is 0.370 e.